The summed E-state index contributed by atoms with van der Waals surface area (Å²) in [5, 5.41) is 2.70. The molecule has 0 saturated heterocycles. The van der Waals surface area contributed by atoms with Gasteiger partial charge in [-0.25, -0.2) is 8.42 Å². The second-order valence-corrected chi connectivity index (χ2v) is 7.06. The molecule has 3 nitrogen and oxygen atoms in total. The molecule has 17 heavy (non-hydrogen) atoms. The van der Waals surface area contributed by atoms with E-state index in [9.17, 15) is 8.42 Å². The molecule has 1 rings (SSSR count). The van der Waals surface area contributed by atoms with Crippen molar-refractivity contribution in [3.05, 3.63) is 29.8 Å². The van der Waals surface area contributed by atoms with Crippen molar-refractivity contribution in [3.63, 3.8) is 0 Å². The van der Waals surface area contributed by atoms with Crippen LogP contribution in [0.15, 0.2) is 29.2 Å². The first-order valence-corrected chi connectivity index (χ1v) is 7.43. The molecule has 0 aliphatic heterocycles. The van der Waals surface area contributed by atoms with Gasteiger partial charge in [-0.3, -0.25) is 0 Å². The van der Waals surface area contributed by atoms with Gasteiger partial charge in [-0.05, 0) is 38.4 Å². The summed E-state index contributed by atoms with van der Waals surface area (Å²) >= 11 is 0. The third kappa shape index (κ3) is 3.07. The van der Waals surface area contributed by atoms with Crippen LogP contribution in [0.2, 0.25) is 0 Å². The van der Waals surface area contributed by atoms with Crippen molar-refractivity contribution in [2.24, 2.45) is 0 Å². The second-order valence-electron chi connectivity index (χ2n) is 4.59. The lowest BCUT2D eigenvalue weighted by Gasteiger charge is -2.17. The first-order chi connectivity index (χ1) is 7.91. The average Bonchev–Trinajstić information content (AvgIpc) is 2.29. The van der Waals surface area contributed by atoms with Crippen LogP contribution in [0, 0.1) is 0 Å². The van der Waals surface area contributed by atoms with Crippen LogP contribution in [-0.4, -0.2) is 27.3 Å². The van der Waals surface area contributed by atoms with E-state index < -0.39 is 9.84 Å². The Hall–Kier alpha value is -0.870. The fourth-order valence-corrected chi connectivity index (χ4v) is 3.19. The highest BCUT2D eigenvalue weighted by Crippen LogP contribution is 2.26. The summed E-state index contributed by atoms with van der Waals surface area (Å²) in [5.41, 5.74) is 0.899. The molecule has 0 saturated carbocycles. The zero-order chi connectivity index (χ0) is 13.1. The highest BCUT2D eigenvalue weighted by atomic mass is 32.2. The molecule has 0 aliphatic carbocycles. The summed E-state index contributed by atoms with van der Waals surface area (Å²) in [7, 11) is -1.33. The standard InChI is InChI=1S/C13H21NO2S/c1-10(2)17(15,16)13-8-6-5-7-12(13)11(3)9-14-4/h5-8,10-11,14H,9H2,1-4H3. The molecule has 0 spiro atoms. The van der Waals surface area contributed by atoms with Gasteiger partial charge in [-0.2, -0.15) is 0 Å². The minimum atomic E-state index is -3.20. The molecule has 0 radical (unpaired) electrons. The van der Waals surface area contributed by atoms with Gasteiger partial charge >= 0.3 is 0 Å². The summed E-state index contributed by atoms with van der Waals surface area (Å²) < 4.78 is 24.5. The Morgan fingerprint density at radius 3 is 2.29 bits per heavy atom. The highest BCUT2D eigenvalue weighted by molar-refractivity contribution is 7.92. The van der Waals surface area contributed by atoms with Crippen LogP contribution < -0.4 is 5.32 Å². The van der Waals surface area contributed by atoms with E-state index in [2.05, 4.69) is 5.32 Å². The summed E-state index contributed by atoms with van der Waals surface area (Å²) in [4.78, 5) is 0.470. The minimum Gasteiger partial charge on any atom is -0.319 e. The Kier molecular flexibility index (Phi) is 4.71. The van der Waals surface area contributed by atoms with Gasteiger partial charge in [0.1, 0.15) is 0 Å². The molecule has 0 fully saturated rings. The lowest BCUT2D eigenvalue weighted by atomic mass is 10.0. The zero-order valence-electron chi connectivity index (χ0n) is 10.9. The Balaban J connectivity index is 3.26. The molecular weight excluding hydrogens is 234 g/mol. The van der Waals surface area contributed by atoms with Crippen molar-refractivity contribution in [2.45, 2.75) is 36.8 Å². The number of rotatable bonds is 5. The van der Waals surface area contributed by atoms with Gasteiger partial charge in [0, 0.05) is 6.54 Å². The Morgan fingerprint density at radius 2 is 1.76 bits per heavy atom. The molecule has 1 aromatic rings. The summed E-state index contributed by atoms with van der Waals surface area (Å²) in [6.45, 7) is 6.24. The van der Waals surface area contributed by atoms with Crippen molar-refractivity contribution in [2.75, 3.05) is 13.6 Å². The van der Waals surface area contributed by atoms with Crippen LogP contribution in [0.25, 0.3) is 0 Å². The van der Waals surface area contributed by atoms with Gasteiger partial charge in [-0.1, -0.05) is 25.1 Å². The smallest absolute Gasteiger partial charge is 0.180 e. The normalized spacial score (nSPS) is 13.9. The average molecular weight is 255 g/mol. The highest BCUT2D eigenvalue weighted by Gasteiger charge is 2.23. The first kappa shape index (κ1) is 14.2. The van der Waals surface area contributed by atoms with Crippen molar-refractivity contribution < 1.29 is 8.42 Å². The predicted molar refractivity (Wildman–Crippen MR) is 71.1 cm³/mol. The molecule has 4 heteroatoms. The summed E-state index contributed by atoms with van der Waals surface area (Å²) in [6.07, 6.45) is 0. The Bertz CT molecular complexity index is 466. The molecule has 96 valence electrons. The molecule has 0 amide bonds. The van der Waals surface area contributed by atoms with E-state index in [0.29, 0.717) is 4.90 Å². The molecule has 1 unspecified atom stereocenters. The van der Waals surface area contributed by atoms with Gasteiger partial charge in [0.25, 0.3) is 0 Å². The SMILES string of the molecule is CNCC(C)c1ccccc1S(=O)(=O)C(C)C. The summed E-state index contributed by atoms with van der Waals surface area (Å²) in [6, 6.07) is 7.28. The zero-order valence-corrected chi connectivity index (χ0v) is 11.7. The van der Waals surface area contributed by atoms with Crippen molar-refractivity contribution in [1.29, 1.82) is 0 Å². The van der Waals surface area contributed by atoms with E-state index in [1.165, 1.54) is 0 Å². The molecular formula is C13H21NO2S. The van der Waals surface area contributed by atoms with Crippen molar-refractivity contribution >= 4 is 9.84 Å². The predicted octanol–water partition coefficient (Wildman–Crippen LogP) is 2.19. The van der Waals surface area contributed by atoms with Crippen LogP contribution in [0.3, 0.4) is 0 Å². The Morgan fingerprint density at radius 1 is 1.18 bits per heavy atom. The maximum absolute atomic E-state index is 12.2. The van der Waals surface area contributed by atoms with Gasteiger partial charge in [0.2, 0.25) is 0 Å². The van der Waals surface area contributed by atoms with Crippen molar-refractivity contribution in [1.82, 2.24) is 5.32 Å². The molecule has 0 aromatic heterocycles. The Labute approximate surface area is 104 Å². The van der Waals surface area contributed by atoms with Gasteiger partial charge < -0.3 is 5.32 Å². The van der Waals surface area contributed by atoms with Gasteiger partial charge in [0.05, 0.1) is 10.1 Å². The lowest BCUT2D eigenvalue weighted by Crippen LogP contribution is -2.20. The molecule has 1 N–H and O–H groups in total. The monoisotopic (exact) mass is 255 g/mol. The van der Waals surface area contributed by atoms with Crippen LogP contribution in [0.1, 0.15) is 32.3 Å². The molecule has 0 heterocycles. The van der Waals surface area contributed by atoms with Gasteiger partial charge in [0.15, 0.2) is 9.84 Å². The largest absolute Gasteiger partial charge is 0.319 e. The second kappa shape index (κ2) is 5.65. The number of hydrogen-bond acceptors (Lipinski definition) is 3. The maximum Gasteiger partial charge on any atom is 0.180 e. The fourth-order valence-electron chi connectivity index (χ4n) is 1.82. The third-order valence-electron chi connectivity index (χ3n) is 2.89. The van der Waals surface area contributed by atoms with Gasteiger partial charge in [-0.15, -0.1) is 0 Å². The van der Waals surface area contributed by atoms with E-state index in [-0.39, 0.29) is 11.2 Å². The fraction of sp³-hybridized carbons (Fsp3) is 0.538. The topological polar surface area (TPSA) is 46.2 Å². The minimum absolute atomic E-state index is 0.185. The molecule has 1 aromatic carbocycles. The van der Waals surface area contributed by atoms with Crippen LogP contribution in [0.4, 0.5) is 0 Å². The van der Waals surface area contributed by atoms with E-state index in [1.54, 1.807) is 26.0 Å². The number of benzene rings is 1. The van der Waals surface area contributed by atoms with E-state index >= 15 is 0 Å². The lowest BCUT2D eigenvalue weighted by molar-refractivity contribution is 0.582. The number of sulfone groups is 1. The number of nitrogens with one attached hydrogen (secondary N) is 1. The summed E-state index contributed by atoms with van der Waals surface area (Å²) in [5.74, 6) is 0.185. The number of hydrogen-bond donors (Lipinski definition) is 1. The van der Waals surface area contributed by atoms with Crippen LogP contribution >= 0.6 is 0 Å². The first-order valence-electron chi connectivity index (χ1n) is 5.88. The maximum atomic E-state index is 12.2. The van der Waals surface area contributed by atoms with Crippen molar-refractivity contribution in [3.8, 4) is 0 Å². The quantitative estimate of drug-likeness (QED) is 0.877. The van der Waals surface area contributed by atoms with Crippen LogP contribution in [0.5, 0.6) is 0 Å². The van der Waals surface area contributed by atoms with E-state index in [0.717, 1.165) is 12.1 Å². The van der Waals surface area contributed by atoms with E-state index in [1.807, 2.05) is 26.1 Å². The van der Waals surface area contributed by atoms with Crippen LogP contribution in [-0.2, 0) is 9.84 Å². The molecule has 0 bridgehead atoms. The third-order valence-corrected chi connectivity index (χ3v) is 5.11. The molecule has 1 atom stereocenters. The number of likely N-dealkylation sites (N-methyl/N-ethyl adjacent to an activating group) is 1. The van der Waals surface area contributed by atoms with E-state index in [4.69, 9.17) is 0 Å². The molecule has 0 aliphatic rings.